The van der Waals surface area contributed by atoms with Crippen LogP contribution >= 0.6 is 11.3 Å². The quantitative estimate of drug-likeness (QED) is 0.881. The molecule has 1 aromatic rings. The molecular formula is C16H26N2S. The topological polar surface area (TPSA) is 15.3 Å². The molecule has 1 aliphatic carbocycles. The highest BCUT2D eigenvalue weighted by atomic mass is 32.1. The summed E-state index contributed by atoms with van der Waals surface area (Å²) in [6, 6.07) is 2.86. The van der Waals surface area contributed by atoms with E-state index >= 15 is 0 Å². The summed E-state index contributed by atoms with van der Waals surface area (Å²) < 4.78 is 0. The summed E-state index contributed by atoms with van der Waals surface area (Å²) in [5, 5.41) is 8.39. The first-order chi connectivity index (χ1) is 9.37. The Morgan fingerprint density at radius 1 is 1.26 bits per heavy atom. The summed E-state index contributed by atoms with van der Waals surface area (Å²) in [7, 11) is 0. The maximum atomic E-state index is 3.81. The van der Waals surface area contributed by atoms with Gasteiger partial charge in [0, 0.05) is 5.54 Å². The standard InChI is InChI=1S/C16H26N2S/c1-2-17-15(14-7-12-19-13-14)16(8-3-4-9-16)18-10-5-6-11-18/h7,12-13,15,17H,2-6,8-11H2,1H3. The Morgan fingerprint density at radius 2 is 2.00 bits per heavy atom. The molecule has 19 heavy (non-hydrogen) atoms. The van der Waals surface area contributed by atoms with E-state index in [0.717, 1.165) is 6.54 Å². The van der Waals surface area contributed by atoms with Crippen LogP contribution in [0.15, 0.2) is 16.8 Å². The Labute approximate surface area is 121 Å². The summed E-state index contributed by atoms with van der Waals surface area (Å²) in [5.74, 6) is 0. The summed E-state index contributed by atoms with van der Waals surface area (Å²) in [6.45, 7) is 5.93. The summed E-state index contributed by atoms with van der Waals surface area (Å²) in [5.41, 5.74) is 1.91. The van der Waals surface area contributed by atoms with Gasteiger partial charge in [-0.3, -0.25) is 4.90 Å². The number of nitrogens with zero attached hydrogens (tertiary/aromatic N) is 1. The second-order valence-electron chi connectivity index (χ2n) is 6.05. The van der Waals surface area contributed by atoms with Crippen LogP contribution in [0, 0.1) is 0 Å². The SMILES string of the molecule is CCNC(c1ccsc1)C1(N2CCCC2)CCCC1. The minimum absolute atomic E-state index is 0.396. The van der Waals surface area contributed by atoms with Crippen molar-refractivity contribution in [2.45, 2.75) is 57.0 Å². The Morgan fingerprint density at radius 3 is 2.58 bits per heavy atom. The van der Waals surface area contributed by atoms with Crippen molar-refractivity contribution in [2.75, 3.05) is 19.6 Å². The van der Waals surface area contributed by atoms with Crippen molar-refractivity contribution in [3.8, 4) is 0 Å². The molecule has 0 spiro atoms. The van der Waals surface area contributed by atoms with Crippen molar-refractivity contribution in [2.24, 2.45) is 0 Å². The average molecular weight is 278 g/mol. The number of rotatable bonds is 5. The number of likely N-dealkylation sites (tertiary alicyclic amines) is 1. The van der Waals surface area contributed by atoms with Gasteiger partial charge in [0.05, 0.1) is 6.04 Å². The van der Waals surface area contributed by atoms with Gasteiger partial charge in [0.25, 0.3) is 0 Å². The monoisotopic (exact) mass is 278 g/mol. The molecule has 1 aromatic heterocycles. The van der Waals surface area contributed by atoms with Crippen molar-refractivity contribution < 1.29 is 0 Å². The lowest BCUT2D eigenvalue weighted by atomic mass is 9.83. The molecular weight excluding hydrogens is 252 g/mol. The number of hydrogen-bond donors (Lipinski definition) is 1. The van der Waals surface area contributed by atoms with Gasteiger partial charge in [-0.25, -0.2) is 0 Å². The first kappa shape index (κ1) is 13.6. The molecule has 1 atom stereocenters. The molecule has 2 aliphatic rings. The van der Waals surface area contributed by atoms with Crippen LogP contribution in [0.5, 0.6) is 0 Å². The molecule has 2 fully saturated rings. The van der Waals surface area contributed by atoms with Crippen molar-refractivity contribution >= 4 is 11.3 Å². The fourth-order valence-electron chi connectivity index (χ4n) is 4.20. The maximum Gasteiger partial charge on any atom is 0.0515 e. The second-order valence-corrected chi connectivity index (χ2v) is 6.83. The van der Waals surface area contributed by atoms with E-state index < -0.39 is 0 Å². The molecule has 1 unspecified atom stereocenters. The van der Waals surface area contributed by atoms with Gasteiger partial charge in [-0.2, -0.15) is 11.3 Å². The third kappa shape index (κ3) is 2.48. The first-order valence-electron chi connectivity index (χ1n) is 7.87. The number of thiophene rings is 1. The first-order valence-corrected chi connectivity index (χ1v) is 8.81. The molecule has 1 saturated carbocycles. The van der Waals surface area contributed by atoms with Gasteiger partial charge in [0.1, 0.15) is 0 Å². The zero-order valence-corrected chi connectivity index (χ0v) is 12.8. The van der Waals surface area contributed by atoms with Gasteiger partial charge >= 0.3 is 0 Å². The van der Waals surface area contributed by atoms with E-state index in [-0.39, 0.29) is 0 Å². The average Bonchev–Trinajstić information content (AvgIpc) is 3.15. The molecule has 0 amide bonds. The zero-order valence-electron chi connectivity index (χ0n) is 12.0. The molecule has 0 bridgehead atoms. The van der Waals surface area contributed by atoms with Crippen LogP contribution in [-0.2, 0) is 0 Å². The van der Waals surface area contributed by atoms with Crippen LogP contribution in [0.25, 0.3) is 0 Å². The fraction of sp³-hybridized carbons (Fsp3) is 0.750. The third-order valence-electron chi connectivity index (χ3n) is 5.03. The molecule has 3 rings (SSSR count). The minimum atomic E-state index is 0.396. The van der Waals surface area contributed by atoms with E-state index in [4.69, 9.17) is 0 Å². The van der Waals surface area contributed by atoms with Crippen LogP contribution in [0.4, 0.5) is 0 Å². The van der Waals surface area contributed by atoms with Crippen LogP contribution in [0.1, 0.15) is 57.1 Å². The number of likely N-dealkylation sites (N-methyl/N-ethyl adjacent to an activating group) is 1. The lowest BCUT2D eigenvalue weighted by Crippen LogP contribution is -2.54. The van der Waals surface area contributed by atoms with E-state index in [2.05, 4.69) is 34.0 Å². The predicted octanol–water partition coefficient (Wildman–Crippen LogP) is 3.81. The highest BCUT2D eigenvalue weighted by Crippen LogP contribution is 2.46. The van der Waals surface area contributed by atoms with E-state index in [9.17, 15) is 0 Å². The van der Waals surface area contributed by atoms with E-state index in [1.165, 1.54) is 57.2 Å². The smallest absolute Gasteiger partial charge is 0.0515 e. The molecule has 0 radical (unpaired) electrons. The Balaban J connectivity index is 1.91. The molecule has 1 N–H and O–H groups in total. The largest absolute Gasteiger partial charge is 0.309 e. The summed E-state index contributed by atoms with van der Waals surface area (Å²) >= 11 is 1.84. The number of nitrogens with one attached hydrogen (secondary N) is 1. The van der Waals surface area contributed by atoms with Crippen LogP contribution in [-0.4, -0.2) is 30.1 Å². The van der Waals surface area contributed by atoms with Gasteiger partial charge < -0.3 is 5.32 Å². The lowest BCUT2D eigenvalue weighted by molar-refractivity contribution is 0.0772. The third-order valence-corrected chi connectivity index (χ3v) is 5.73. The summed E-state index contributed by atoms with van der Waals surface area (Å²) in [4.78, 5) is 2.81. The van der Waals surface area contributed by atoms with E-state index in [1.54, 1.807) is 0 Å². The normalized spacial score (nSPS) is 24.9. The van der Waals surface area contributed by atoms with Gasteiger partial charge in [0.15, 0.2) is 0 Å². The van der Waals surface area contributed by atoms with Gasteiger partial charge in [-0.15, -0.1) is 0 Å². The van der Waals surface area contributed by atoms with Crippen molar-refractivity contribution in [1.82, 2.24) is 10.2 Å². The Hall–Kier alpha value is -0.380. The van der Waals surface area contributed by atoms with Crippen molar-refractivity contribution in [1.29, 1.82) is 0 Å². The minimum Gasteiger partial charge on any atom is -0.309 e. The molecule has 2 heterocycles. The number of hydrogen-bond acceptors (Lipinski definition) is 3. The van der Waals surface area contributed by atoms with Gasteiger partial charge in [-0.05, 0) is 67.7 Å². The van der Waals surface area contributed by atoms with Crippen LogP contribution < -0.4 is 5.32 Å². The molecule has 106 valence electrons. The van der Waals surface area contributed by atoms with Gasteiger partial charge in [-0.1, -0.05) is 19.8 Å². The Bertz CT molecular complexity index is 375. The maximum absolute atomic E-state index is 3.81. The highest BCUT2D eigenvalue weighted by Gasteiger charge is 2.46. The summed E-state index contributed by atoms with van der Waals surface area (Å²) in [6.07, 6.45) is 8.35. The molecule has 1 aliphatic heterocycles. The highest BCUT2D eigenvalue weighted by molar-refractivity contribution is 7.07. The van der Waals surface area contributed by atoms with Crippen molar-refractivity contribution in [3.63, 3.8) is 0 Å². The molecule has 0 aromatic carbocycles. The van der Waals surface area contributed by atoms with Crippen LogP contribution in [0.3, 0.4) is 0 Å². The molecule has 3 heteroatoms. The van der Waals surface area contributed by atoms with E-state index in [0.29, 0.717) is 11.6 Å². The van der Waals surface area contributed by atoms with Gasteiger partial charge in [0.2, 0.25) is 0 Å². The van der Waals surface area contributed by atoms with Crippen molar-refractivity contribution in [3.05, 3.63) is 22.4 Å². The van der Waals surface area contributed by atoms with Crippen LogP contribution in [0.2, 0.25) is 0 Å². The Kier molecular flexibility index (Phi) is 4.25. The lowest BCUT2D eigenvalue weighted by Gasteiger charge is -2.45. The predicted molar refractivity (Wildman–Crippen MR) is 82.7 cm³/mol. The molecule has 2 nitrogen and oxygen atoms in total. The fourth-order valence-corrected chi connectivity index (χ4v) is 4.88. The van der Waals surface area contributed by atoms with E-state index in [1.807, 2.05) is 11.3 Å². The second kappa shape index (κ2) is 5.94. The zero-order chi connectivity index (χ0) is 13.1. The molecule has 1 saturated heterocycles.